The number of hydrogen-bond acceptors (Lipinski definition) is 4. The predicted octanol–water partition coefficient (Wildman–Crippen LogP) is 11.6. The molecule has 7 heteroatoms. The fraction of sp³-hybridized carbons (Fsp3) is 0.255. The van der Waals surface area contributed by atoms with Gasteiger partial charge in [-0.3, -0.25) is 4.98 Å². The third-order valence-electron chi connectivity index (χ3n) is 9.90. The third kappa shape index (κ3) is 7.75. The van der Waals surface area contributed by atoms with E-state index >= 15 is 0 Å². The number of aryl methyl sites for hydroxylation is 5. The van der Waals surface area contributed by atoms with Gasteiger partial charge < -0.3 is 14.0 Å². The van der Waals surface area contributed by atoms with Crippen LogP contribution in [-0.4, -0.2) is 32.8 Å². The first-order valence-electron chi connectivity index (χ1n) is 18.5. The first-order chi connectivity index (χ1) is 25.3. The molecule has 1 radical (unpaired) electrons. The maximum absolute atomic E-state index is 6.11. The van der Waals surface area contributed by atoms with Crippen molar-refractivity contribution in [2.24, 2.45) is 5.92 Å². The molecule has 0 spiro atoms. The number of nitrogens with zero attached hydrogens (tertiary/aromatic N) is 4. The Hall–Kier alpha value is -4.36. The Morgan fingerprint density at radius 1 is 0.796 bits per heavy atom. The van der Waals surface area contributed by atoms with E-state index in [0.717, 1.165) is 67.7 Å². The Labute approximate surface area is 336 Å². The Kier molecular flexibility index (Phi) is 11.5. The number of furan rings is 1. The van der Waals surface area contributed by atoms with Crippen molar-refractivity contribution in [2.75, 3.05) is 0 Å². The summed E-state index contributed by atoms with van der Waals surface area (Å²) in [4.78, 5) is 14.3. The van der Waals surface area contributed by atoms with Crippen LogP contribution in [0.2, 0.25) is 17.3 Å². The fourth-order valence-corrected chi connectivity index (χ4v) is 10.9. The molecular weight excluding hydrogens is 901 g/mol. The van der Waals surface area contributed by atoms with E-state index in [4.69, 9.17) is 14.4 Å². The molecule has 5 nitrogen and oxygen atoms in total. The molecule has 0 aliphatic rings. The summed E-state index contributed by atoms with van der Waals surface area (Å²) in [5, 5.41) is 2.11. The molecule has 0 aliphatic heterocycles. The fourth-order valence-electron chi connectivity index (χ4n) is 7.57. The van der Waals surface area contributed by atoms with Gasteiger partial charge in [-0.25, -0.2) is 0 Å². The normalized spacial score (nSPS) is 11.6. The monoisotopic (exact) mass is 951 g/mol. The molecule has 0 saturated carbocycles. The molecule has 0 atom stereocenters. The molecule has 4 heterocycles. The quantitative estimate of drug-likeness (QED) is 0.123. The van der Waals surface area contributed by atoms with E-state index in [9.17, 15) is 0 Å². The molecule has 0 bridgehead atoms. The SMILES string of the molecule is CC(C)Cc1cc(-c2[c-]cccc2)nc[c]1[Ge]([CH3])([CH3])[CH3].Cc1cc(C)c(-n2c(-c3[c-]nc4oc5c(C)ccc(C)c5c4c3)nc3ccccc32)c(C)c1.[Ir]. The summed E-state index contributed by atoms with van der Waals surface area (Å²) in [7, 11) is 0. The molecular formula is C47H48GeIrN4O-2. The van der Waals surface area contributed by atoms with Crippen molar-refractivity contribution in [3.8, 4) is 28.3 Å². The van der Waals surface area contributed by atoms with Gasteiger partial charge in [0, 0.05) is 31.2 Å². The van der Waals surface area contributed by atoms with Gasteiger partial charge in [-0.05, 0) is 80.6 Å². The van der Waals surface area contributed by atoms with Crippen LogP contribution in [0.4, 0.5) is 0 Å². The van der Waals surface area contributed by atoms with Crippen LogP contribution in [0.25, 0.3) is 61.4 Å². The van der Waals surface area contributed by atoms with E-state index in [1.165, 1.54) is 27.8 Å². The standard InChI is InChI=1S/C29H24N3O.C18H24GeN.Ir/c1-16-12-19(4)26(20(5)13-16)32-24-9-7-6-8-23(24)31-28(32)21-14-22-25-17(2)10-11-18(3)27(25)33-29(22)30-15-21;1-14(2)11-16-12-18(15-9-7-6-8-10-15)20-13-17(16)19(3,4)5;/h6-14H,1-5H3;6-9,12-14H,11H2,1-5H3;/q2*-1;. The number of fused-ring (bicyclic) bond motifs is 4. The van der Waals surface area contributed by atoms with Crippen molar-refractivity contribution in [2.45, 2.75) is 72.2 Å². The second-order valence-electron chi connectivity index (χ2n) is 15.9. The molecule has 0 aliphatic carbocycles. The maximum atomic E-state index is 6.11. The molecule has 0 amide bonds. The van der Waals surface area contributed by atoms with E-state index in [1.54, 1.807) is 4.40 Å². The number of pyridine rings is 2. The number of imidazole rings is 1. The summed E-state index contributed by atoms with van der Waals surface area (Å²) in [5.74, 6) is 8.83. The zero-order valence-corrected chi connectivity index (χ0v) is 37.5. The number of benzene rings is 4. The summed E-state index contributed by atoms with van der Waals surface area (Å²) in [6.45, 7) is 15.2. The Morgan fingerprint density at radius 3 is 2.19 bits per heavy atom. The average Bonchev–Trinajstić information content (AvgIpc) is 3.69. The van der Waals surface area contributed by atoms with Gasteiger partial charge >= 0.3 is 126 Å². The number of aromatic nitrogens is 4. The van der Waals surface area contributed by atoms with Crippen LogP contribution in [0.15, 0.2) is 95.5 Å². The zero-order valence-electron chi connectivity index (χ0n) is 33.0. The maximum Gasteiger partial charge on any atom is 0.141 e. The van der Waals surface area contributed by atoms with Crippen LogP contribution in [0.3, 0.4) is 0 Å². The van der Waals surface area contributed by atoms with E-state index in [1.807, 2.05) is 24.3 Å². The minimum absolute atomic E-state index is 0. The van der Waals surface area contributed by atoms with Crippen molar-refractivity contribution in [1.82, 2.24) is 19.5 Å². The van der Waals surface area contributed by atoms with Crippen LogP contribution in [0.5, 0.6) is 0 Å². The molecule has 0 saturated heterocycles. The van der Waals surface area contributed by atoms with Crippen molar-refractivity contribution >= 4 is 50.8 Å². The Bertz CT molecular complexity index is 2590. The molecule has 4 aromatic heterocycles. The van der Waals surface area contributed by atoms with Crippen LogP contribution in [0, 0.1) is 52.8 Å². The minimum Gasteiger partial charge on any atom is -0.482 e. The van der Waals surface area contributed by atoms with E-state index in [0.29, 0.717) is 11.6 Å². The number of rotatable bonds is 6. The summed E-state index contributed by atoms with van der Waals surface area (Å²) >= 11 is -1.86. The van der Waals surface area contributed by atoms with Crippen LogP contribution >= 0.6 is 0 Å². The van der Waals surface area contributed by atoms with Gasteiger partial charge in [0.05, 0.1) is 16.9 Å². The van der Waals surface area contributed by atoms with Gasteiger partial charge in [-0.1, -0.05) is 47.5 Å². The van der Waals surface area contributed by atoms with Gasteiger partial charge in [-0.15, -0.1) is 6.07 Å². The molecule has 8 aromatic rings. The first-order valence-corrected chi connectivity index (χ1v) is 25.9. The third-order valence-corrected chi connectivity index (χ3v) is 14.2. The largest absolute Gasteiger partial charge is 0.482 e. The van der Waals surface area contributed by atoms with Gasteiger partial charge in [0.1, 0.15) is 11.3 Å². The zero-order chi connectivity index (χ0) is 37.6. The molecule has 0 N–H and O–H groups in total. The predicted molar refractivity (Wildman–Crippen MR) is 224 cm³/mol. The van der Waals surface area contributed by atoms with E-state index in [2.05, 4.69) is 154 Å². The van der Waals surface area contributed by atoms with Gasteiger partial charge in [-0.2, -0.15) is 0 Å². The van der Waals surface area contributed by atoms with Gasteiger partial charge in [0.15, 0.2) is 0 Å². The van der Waals surface area contributed by atoms with Crippen molar-refractivity contribution < 1.29 is 24.5 Å². The molecule has 0 fully saturated rings. The topological polar surface area (TPSA) is 56.7 Å². The van der Waals surface area contributed by atoms with Crippen LogP contribution in [-0.2, 0) is 26.5 Å². The molecule has 54 heavy (non-hydrogen) atoms. The summed E-state index contributed by atoms with van der Waals surface area (Å²) in [5.41, 5.74) is 15.1. The van der Waals surface area contributed by atoms with Crippen molar-refractivity contribution in [3.63, 3.8) is 0 Å². The molecule has 8 rings (SSSR count). The molecule has 4 aromatic carbocycles. The average molecular weight is 950 g/mol. The molecule has 277 valence electrons. The van der Waals surface area contributed by atoms with Crippen LogP contribution < -0.4 is 4.40 Å². The number of para-hydroxylation sites is 2. The Balaban J connectivity index is 0.000000205. The molecule has 0 unspecified atom stereocenters. The van der Waals surface area contributed by atoms with Crippen molar-refractivity contribution in [3.05, 3.63) is 137 Å². The minimum atomic E-state index is -1.86. The van der Waals surface area contributed by atoms with E-state index in [-0.39, 0.29) is 20.1 Å². The van der Waals surface area contributed by atoms with Crippen molar-refractivity contribution in [1.29, 1.82) is 0 Å². The smallest absolute Gasteiger partial charge is 0.141 e. The van der Waals surface area contributed by atoms with Gasteiger partial charge in [0.2, 0.25) is 0 Å². The van der Waals surface area contributed by atoms with Crippen LogP contribution in [0.1, 0.15) is 47.2 Å². The summed E-state index contributed by atoms with van der Waals surface area (Å²) < 4.78 is 9.90. The van der Waals surface area contributed by atoms with E-state index < -0.39 is 13.3 Å². The van der Waals surface area contributed by atoms with Gasteiger partial charge in [0.25, 0.3) is 0 Å². The first kappa shape index (κ1) is 39.3. The summed E-state index contributed by atoms with van der Waals surface area (Å²) in [6, 6.07) is 32.7. The Morgan fingerprint density at radius 2 is 1.50 bits per heavy atom. The summed E-state index contributed by atoms with van der Waals surface area (Å²) in [6.07, 6.45) is 6.49. The number of hydrogen-bond donors (Lipinski definition) is 0. The second kappa shape index (κ2) is 15.8. The second-order valence-corrected chi connectivity index (χ2v) is 26.4.